The standard InChI is InChI=1S/C23H26FN3O3/c1-16-15-27(20-7-2-3-8-21(20)30-16)23(29)26-11-9-18(10-12-26)22(28)25-14-17-5-4-6-19(24)13-17/h2-8,13,16,18H,9-12,14-15H2,1H3,(H,25,28). The van der Waals surface area contributed by atoms with Crippen LogP contribution in [0.1, 0.15) is 25.3 Å². The molecule has 0 spiro atoms. The molecule has 0 bridgehead atoms. The van der Waals surface area contributed by atoms with Crippen molar-refractivity contribution in [2.45, 2.75) is 32.4 Å². The van der Waals surface area contributed by atoms with Crippen molar-refractivity contribution in [1.82, 2.24) is 10.2 Å². The Kier molecular flexibility index (Phi) is 5.88. The molecular formula is C23H26FN3O3. The number of amides is 3. The minimum atomic E-state index is -0.312. The summed E-state index contributed by atoms with van der Waals surface area (Å²) in [5.74, 6) is 0.221. The van der Waals surface area contributed by atoms with E-state index in [1.165, 1.54) is 12.1 Å². The molecule has 0 radical (unpaired) electrons. The first kappa shape index (κ1) is 20.2. The lowest BCUT2D eigenvalue weighted by atomic mass is 9.96. The Bertz CT molecular complexity index is 927. The van der Waals surface area contributed by atoms with Gasteiger partial charge in [-0.1, -0.05) is 24.3 Å². The normalized spacial score (nSPS) is 19.1. The second-order valence-corrected chi connectivity index (χ2v) is 7.90. The number of nitrogens with one attached hydrogen (secondary N) is 1. The molecule has 30 heavy (non-hydrogen) atoms. The maximum atomic E-state index is 13.3. The van der Waals surface area contributed by atoms with E-state index in [-0.39, 0.29) is 29.8 Å². The minimum Gasteiger partial charge on any atom is -0.487 e. The number of nitrogens with zero attached hydrogens (tertiary/aromatic N) is 2. The largest absolute Gasteiger partial charge is 0.487 e. The SMILES string of the molecule is CC1CN(C(=O)N2CCC(C(=O)NCc3cccc(F)c3)CC2)c2ccccc2O1. The van der Waals surface area contributed by atoms with Gasteiger partial charge in [0, 0.05) is 25.6 Å². The third-order valence-corrected chi connectivity index (χ3v) is 5.65. The molecule has 7 heteroatoms. The molecule has 2 heterocycles. The minimum absolute atomic E-state index is 0.0447. The zero-order valence-electron chi connectivity index (χ0n) is 17.0. The van der Waals surface area contributed by atoms with Gasteiger partial charge in [-0.3, -0.25) is 9.69 Å². The smallest absolute Gasteiger partial charge is 0.324 e. The maximum Gasteiger partial charge on any atom is 0.324 e. The van der Waals surface area contributed by atoms with E-state index < -0.39 is 0 Å². The number of urea groups is 1. The number of carbonyl (C=O) groups is 2. The zero-order valence-corrected chi connectivity index (χ0v) is 17.0. The van der Waals surface area contributed by atoms with Crippen LogP contribution in [0.2, 0.25) is 0 Å². The third kappa shape index (κ3) is 4.40. The zero-order chi connectivity index (χ0) is 21.1. The summed E-state index contributed by atoms with van der Waals surface area (Å²) in [4.78, 5) is 29.2. The van der Waals surface area contributed by atoms with Gasteiger partial charge in [0.2, 0.25) is 5.91 Å². The third-order valence-electron chi connectivity index (χ3n) is 5.65. The number of hydrogen-bond acceptors (Lipinski definition) is 3. The summed E-state index contributed by atoms with van der Waals surface area (Å²) in [7, 11) is 0. The second-order valence-electron chi connectivity index (χ2n) is 7.90. The molecule has 0 aromatic heterocycles. The van der Waals surface area contributed by atoms with Crippen molar-refractivity contribution in [2.24, 2.45) is 5.92 Å². The number of rotatable bonds is 3. The maximum absolute atomic E-state index is 13.3. The van der Waals surface area contributed by atoms with Gasteiger partial charge in [-0.15, -0.1) is 0 Å². The van der Waals surface area contributed by atoms with Crippen LogP contribution in [0.4, 0.5) is 14.9 Å². The van der Waals surface area contributed by atoms with Gasteiger partial charge in [-0.25, -0.2) is 9.18 Å². The lowest BCUT2D eigenvalue weighted by Crippen LogP contribution is -2.52. The molecule has 2 aliphatic heterocycles. The van der Waals surface area contributed by atoms with Crippen LogP contribution in [0.25, 0.3) is 0 Å². The molecule has 1 N–H and O–H groups in total. The van der Waals surface area contributed by atoms with E-state index in [0.717, 1.165) is 17.0 Å². The summed E-state index contributed by atoms with van der Waals surface area (Å²) in [6, 6.07) is 13.7. The van der Waals surface area contributed by atoms with Crippen LogP contribution in [-0.2, 0) is 11.3 Å². The summed E-state index contributed by atoms with van der Waals surface area (Å²) in [6.45, 7) is 3.82. The summed E-state index contributed by atoms with van der Waals surface area (Å²) in [5, 5.41) is 2.89. The topological polar surface area (TPSA) is 61.9 Å². The molecule has 0 saturated carbocycles. The molecule has 1 unspecified atom stereocenters. The first-order valence-electron chi connectivity index (χ1n) is 10.4. The van der Waals surface area contributed by atoms with E-state index in [4.69, 9.17) is 4.74 Å². The number of hydrogen-bond donors (Lipinski definition) is 1. The highest BCUT2D eigenvalue weighted by Gasteiger charge is 2.33. The molecule has 2 aliphatic rings. The van der Waals surface area contributed by atoms with E-state index in [1.54, 1.807) is 17.0 Å². The molecular weight excluding hydrogens is 385 g/mol. The van der Waals surface area contributed by atoms with E-state index in [9.17, 15) is 14.0 Å². The Morgan fingerprint density at radius 1 is 1.13 bits per heavy atom. The van der Waals surface area contributed by atoms with Gasteiger partial charge in [0.1, 0.15) is 17.7 Å². The van der Waals surface area contributed by atoms with Crippen molar-refractivity contribution in [2.75, 3.05) is 24.5 Å². The fourth-order valence-electron chi connectivity index (χ4n) is 4.05. The van der Waals surface area contributed by atoms with Crippen molar-refractivity contribution in [3.05, 3.63) is 59.9 Å². The Balaban J connectivity index is 1.32. The van der Waals surface area contributed by atoms with Crippen molar-refractivity contribution < 1.29 is 18.7 Å². The van der Waals surface area contributed by atoms with Gasteiger partial charge in [0.25, 0.3) is 0 Å². The number of ether oxygens (including phenoxy) is 1. The van der Waals surface area contributed by atoms with E-state index in [0.29, 0.717) is 39.0 Å². The fourth-order valence-corrected chi connectivity index (χ4v) is 4.05. The Morgan fingerprint density at radius 2 is 1.90 bits per heavy atom. The highest BCUT2D eigenvalue weighted by Crippen LogP contribution is 2.34. The molecule has 2 aromatic carbocycles. The molecule has 1 atom stereocenters. The van der Waals surface area contributed by atoms with Crippen LogP contribution in [0.5, 0.6) is 5.75 Å². The van der Waals surface area contributed by atoms with Crippen LogP contribution in [-0.4, -0.2) is 42.6 Å². The van der Waals surface area contributed by atoms with Crippen LogP contribution in [0.3, 0.4) is 0 Å². The molecule has 3 amide bonds. The molecule has 158 valence electrons. The molecule has 1 fully saturated rings. The van der Waals surface area contributed by atoms with Crippen molar-refractivity contribution in [3.8, 4) is 5.75 Å². The molecule has 6 nitrogen and oxygen atoms in total. The number of para-hydroxylation sites is 2. The average Bonchev–Trinajstić information content (AvgIpc) is 2.76. The van der Waals surface area contributed by atoms with Crippen LogP contribution in [0.15, 0.2) is 48.5 Å². The molecule has 4 rings (SSSR count). The summed E-state index contributed by atoms with van der Waals surface area (Å²) in [6.07, 6.45) is 1.15. The van der Waals surface area contributed by atoms with Crippen molar-refractivity contribution >= 4 is 17.6 Å². The van der Waals surface area contributed by atoms with Gasteiger partial charge >= 0.3 is 6.03 Å². The number of carbonyl (C=O) groups excluding carboxylic acids is 2. The quantitative estimate of drug-likeness (QED) is 0.840. The fraction of sp³-hybridized carbons (Fsp3) is 0.391. The number of piperidine rings is 1. The lowest BCUT2D eigenvalue weighted by molar-refractivity contribution is -0.126. The highest BCUT2D eigenvalue weighted by molar-refractivity contribution is 5.94. The van der Waals surface area contributed by atoms with Gasteiger partial charge in [0.15, 0.2) is 0 Å². The van der Waals surface area contributed by atoms with Crippen molar-refractivity contribution in [1.29, 1.82) is 0 Å². The molecule has 0 aliphatic carbocycles. The van der Waals surface area contributed by atoms with Gasteiger partial charge in [0.05, 0.1) is 12.2 Å². The van der Waals surface area contributed by atoms with E-state index >= 15 is 0 Å². The Morgan fingerprint density at radius 3 is 2.67 bits per heavy atom. The van der Waals surface area contributed by atoms with E-state index in [1.807, 2.05) is 36.1 Å². The predicted molar refractivity (Wildman–Crippen MR) is 112 cm³/mol. The highest BCUT2D eigenvalue weighted by atomic mass is 19.1. The number of halogens is 1. The first-order valence-corrected chi connectivity index (χ1v) is 10.4. The van der Waals surface area contributed by atoms with Gasteiger partial charge in [-0.05, 0) is 49.6 Å². The molecule has 2 aromatic rings. The number of likely N-dealkylation sites (tertiary alicyclic amines) is 1. The predicted octanol–water partition coefficient (Wildman–Crippen LogP) is 3.56. The van der Waals surface area contributed by atoms with Gasteiger partial charge in [-0.2, -0.15) is 0 Å². The Labute approximate surface area is 175 Å². The van der Waals surface area contributed by atoms with Gasteiger partial charge < -0.3 is 15.0 Å². The summed E-state index contributed by atoms with van der Waals surface area (Å²) < 4.78 is 19.1. The average molecular weight is 411 g/mol. The van der Waals surface area contributed by atoms with E-state index in [2.05, 4.69) is 5.32 Å². The lowest BCUT2D eigenvalue weighted by Gasteiger charge is -2.39. The Hall–Kier alpha value is -3.09. The number of benzene rings is 2. The molecule has 1 saturated heterocycles. The van der Waals surface area contributed by atoms with Crippen LogP contribution in [0, 0.1) is 11.7 Å². The van der Waals surface area contributed by atoms with Crippen LogP contribution < -0.4 is 15.0 Å². The van der Waals surface area contributed by atoms with Crippen molar-refractivity contribution in [3.63, 3.8) is 0 Å². The number of fused-ring (bicyclic) bond motifs is 1. The second kappa shape index (κ2) is 8.73. The first-order chi connectivity index (χ1) is 14.5. The van der Waals surface area contributed by atoms with Crippen LogP contribution >= 0.6 is 0 Å². The number of anilines is 1. The summed E-state index contributed by atoms with van der Waals surface area (Å²) in [5.41, 5.74) is 1.52. The monoisotopic (exact) mass is 411 g/mol. The summed E-state index contributed by atoms with van der Waals surface area (Å²) >= 11 is 0.